The second-order valence-corrected chi connectivity index (χ2v) is 6.21. The number of hydrogen-bond donors (Lipinski definition) is 0. The third-order valence-electron chi connectivity index (χ3n) is 4.13. The standard InChI is InChI=1S/C19H27O7P/c1-7-25-13-9-12(21-3)14-15(18(13)23-5)19(24-6)17(26-8-2)11(10-27-20)16(14)22-4/h9H,7-8,10,27H2,1-6H3. The van der Waals surface area contributed by atoms with Crippen LogP contribution in [0, 0.1) is 0 Å². The Morgan fingerprint density at radius 3 is 1.85 bits per heavy atom. The molecule has 7 nitrogen and oxygen atoms in total. The van der Waals surface area contributed by atoms with Crippen molar-refractivity contribution in [3.05, 3.63) is 11.6 Å². The molecule has 0 N–H and O–H groups in total. The van der Waals surface area contributed by atoms with Crippen LogP contribution in [0.2, 0.25) is 0 Å². The Balaban J connectivity index is 3.14. The first kappa shape index (κ1) is 21.0. The number of hydrogen-bond acceptors (Lipinski definition) is 7. The van der Waals surface area contributed by atoms with Gasteiger partial charge in [0.25, 0.3) is 0 Å². The first-order valence-electron chi connectivity index (χ1n) is 8.67. The summed E-state index contributed by atoms with van der Waals surface area (Å²) in [6.45, 7) is 4.63. The minimum atomic E-state index is -1.06. The molecule has 0 saturated heterocycles. The van der Waals surface area contributed by atoms with Gasteiger partial charge < -0.3 is 33.0 Å². The molecule has 0 radical (unpaired) electrons. The van der Waals surface area contributed by atoms with E-state index in [2.05, 4.69) is 0 Å². The van der Waals surface area contributed by atoms with E-state index in [9.17, 15) is 4.57 Å². The summed E-state index contributed by atoms with van der Waals surface area (Å²) in [5.41, 5.74) is 0.679. The fourth-order valence-electron chi connectivity index (χ4n) is 3.18. The van der Waals surface area contributed by atoms with Gasteiger partial charge in [-0.25, -0.2) is 0 Å². The van der Waals surface area contributed by atoms with Crippen molar-refractivity contribution in [2.75, 3.05) is 41.7 Å². The first-order chi connectivity index (χ1) is 13.1. The smallest absolute Gasteiger partial charge is 0.173 e. The van der Waals surface area contributed by atoms with Crippen LogP contribution in [0.25, 0.3) is 10.8 Å². The highest BCUT2D eigenvalue weighted by Crippen LogP contribution is 2.55. The lowest BCUT2D eigenvalue weighted by Crippen LogP contribution is -2.05. The molecule has 0 saturated carbocycles. The summed E-state index contributed by atoms with van der Waals surface area (Å²) < 4.78 is 45.8. The maximum absolute atomic E-state index is 11.5. The van der Waals surface area contributed by atoms with Crippen molar-refractivity contribution in [1.82, 2.24) is 0 Å². The van der Waals surface area contributed by atoms with Crippen molar-refractivity contribution in [3.63, 3.8) is 0 Å². The quantitative estimate of drug-likeness (QED) is 0.562. The summed E-state index contributed by atoms with van der Waals surface area (Å²) >= 11 is 0. The monoisotopic (exact) mass is 398 g/mol. The summed E-state index contributed by atoms with van der Waals surface area (Å²) in [4.78, 5) is 0. The highest BCUT2D eigenvalue weighted by molar-refractivity contribution is 7.22. The number of ether oxygens (including phenoxy) is 6. The predicted molar refractivity (Wildman–Crippen MR) is 107 cm³/mol. The Morgan fingerprint density at radius 1 is 0.741 bits per heavy atom. The Labute approximate surface area is 160 Å². The first-order valence-corrected chi connectivity index (χ1v) is 9.96. The van der Waals surface area contributed by atoms with E-state index in [1.165, 1.54) is 0 Å². The molecule has 1 unspecified atom stereocenters. The van der Waals surface area contributed by atoms with Gasteiger partial charge in [0.05, 0.1) is 60.9 Å². The SMILES string of the molecule is CCOc1cc(OC)c2c(OC)c(C[PH2]=O)c(OCC)c(OC)c2c1OC. The predicted octanol–water partition coefficient (Wildman–Crippen LogP) is 3.93. The Hall–Kier alpha value is -2.27. The lowest BCUT2D eigenvalue weighted by Gasteiger charge is -2.23. The van der Waals surface area contributed by atoms with Gasteiger partial charge in [-0.05, 0) is 13.8 Å². The van der Waals surface area contributed by atoms with Crippen LogP contribution < -0.4 is 28.4 Å². The molecule has 0 amide bonds. The fraction of sp³-hybridized carbons (Fsp3) is 0.474. The van der Waals surface area contributed by atoms with E-state index in [1.807, 2.05) is 13.8 Å². The highest BCUT2D eigenvalue weighted by atomic mass is 31.1. The summed E-state index contributed by atoms with van der Waals surface area (Å²) in [7, 11) is 5.18. The molecule has 0 aromatic heterocycles. The third kappa shape index (κ3) is 3.74. The summed E-state index contributed by atoms with van der Waals surface area (Å²) in [6.07, 6.45) is 0.309. The second kappa shape index (κ2) is 9.60. The van der Waals surface area contributed by atoms with Crippen molar-refractivity contribution in [1.29, 1.82) is 0 Å². The van der Waals surface area contributed by atoms with Crippen LogP contribution >= 0.6 is 8.46 Å². The van der Waals surface area contributed by atoms with Gasteiger partial charge in [-0.3, -0.25) is 0 Å². The van der Waals surface area contributed by atoms with Crippen molar-refractivity contribution >= 4 is 19.2 Å². The van der Waals surface area contributed by atoms with Crippen molar-refractivity contribution in [3.8, 4) is 34.5 Å². The van der Waals surface area contributed by atoms with Gasteiger partial charge in [0.2, 0.25) is 0 Å². The van der Waals surface area contributed by atoms with E-state index in [0.717, 1.165) is 0 Å². The van der Waals surface area contributed by atoms with Crippen LogP contribution in [0.5, 0.6) is 34.5 Å². The average Bonchev–Trinajstić information content (AvgIpc) is 2.68. The number of methoxy groups -OCH3 is 4. The molecule has 0 aliphatic rings. The molecule has 0 spiro atoms. The van der Waals surface area contributed by atoms with Crippen LogP contribution in [0.15, 0.2) is 6.07 Å². The largest absolute Gasteiger partial charge is 0.496 e. The molecule has 1 atom stereocenters. The zero-order chi connectivity index (χ0) is 20.0. The molecule has 0 bridgehead atoms. The van der Waals surface area contributed by atoms with Crippen LogP contribution in [-0.2, 0) is 10.7 Å². The van der Waals surface area contributed by atoms with Gasteiger partial charge in [0, 0.05) is 17.8 Å². The fourth-order valence-corrected chi connectivity index (χ4v) is 3.71. The molecule has 2 aromatic rings. The van der Waals surface area contributed by atoms with Crippen molar-refractivity contribution in [2.24, 2.45) is 0 Å². The van der Waals surface area contributed by atoms with Gasteiger partial charge in [0.1, 0.15) is 11.5 Å². The van der Waals surface area contributed by atoms with Gasteiger partial charge >= 0.3 is 0 Å². The van der Waals surface area contributed by atoms with E-state index >= 15 is 0 Å². The van der Waals surface area contributed by atoms with Crippen LogP contribution in [0.1, 0.15) is 19.4 Å². The lowest BCUT2D eigenvalue weighted by atomic mass is 10.0. The van der Waals surface area contributed by atoms with Gasteiger partial charge in [-0.15, -0.1) is 0 Å². The molecule has 27 heavy (non-hydrogen) atoms. The van der Waals surface area contributed by atoms with Crippen LogP contribution in [0.4, 0.5) is 0 Å². The maximum Gasteiger partial charge on any atom is 0.173 e. The number of benzene rings is 2. The van der Waals surface area contributed by atoms with Crippen molar-refractivity contribution < 1.29 is 33.0 Å². The molecule has 8 heteroatoms. The third-order valence-corrected chi connectivity index (χ3v) is 4.70. The molecule has 2 aromatic carbocycles. The second-order valence-electron chi connectivity index (χ2n) is 5.47. The van der Waals surface area contributed by atoms with E-state index in [-0.39, 0.29) is 0 Å². The number of fused-ring (bicyclic) bond motifs is 1. The summed E-state index contributed by atoms with van der Waals surface area (Å²) in [5.74, 6) is 3.03. The Bertz CT molecular complexity index is 820. The molecule has 0 aliphatic heterocycles. The van der Waals surface area contributed by atoms with Gasteiger partial charge in [0.15, 0.2) is 23.0 Å². The Kier molecular flexibility index (Phi) is 7.48. The summed E-state index contributed by atoms with van der Waals surface area (Å²) in [6, 6.07) is 1.75. The average molecular weight is 398 g/mol. The molecule has 0 aliphatic carbocycles. The van der Waals surface area contributed by atoms with Crippen LogP contribution in [-0.4, -0.2) is 41.7 Å². The Morgan fingerprint density at radius 2 is 1.37 bits per heavy atom. The molecule has 2 rings (SSSR count). The zero-order valence-electron chi connectivity index (χ0n) is 16.6. The zero-order valence-corrected chi connectivity index (χ0v) is 17.8. The molecular weight excluding hydrogens is 371 g/mol. The topological polar surface area (TPSA) is 72.5 Å². The van der Waals surface area contributed by atoms with Crippen molar-refractivity contribution in [2.45, 2.75) is 20.0 Å². The maximum atomic E-state index is 11.5. The molecular formula is C19H27O7P. The van der Waals surface area contributed by atoms with Crippen LogP contribution in [0.3, 0.4) is 0 Å². The van der Waals surface area contributed by atoms with Gasteiger partial charge in [-0.1, -0.05) is 0 Å². The van der Waals surface area contributed by atoms with Gasteiger partial charge in [-0.2, -0.15) is 0 Å². The highest BCUT2D eigenvalue weighted by Gasteiger charge is 2.29. The lowest BCUT2D eigenvalue weighted by molar-refractivity contribution is 0.301. The minimum Gasteiger partial charge on any atom is -0.496 e. The number of rotatable bonds is 10. The van der Waals surface area contributed by atoms with E-state index in [4.69, 9.17) is 28.4 Å². The molecule has 150 valence electrons. The normalized spacial score (nSPS) is 11.0. The molecule has 0 fully saturated rings. The van der Waals surface area contributed by atoms with E-state index in [0.29, 0.717) is 70.2 Å². The van der Waals surface area contributed by atoms with E-state index < -0.39 is 8.46 Å². The van der Waals surface area contributed by atoms with E-state index in [1.54, 1.807) is 34.5 Å². The molecule has 0 heterocycles. The summed E-state index contributed by atoms with van der Waals surface area (Å²) in [5, 5.41) is 1.27. The minimum absolute atomic E-state index is 0.309.